The molecule has 0 aliphatic carbocycles. The molecule has 0 saturated carbocycles. The topological polar surface area (TPSA) is 122 Å². The Labute approximate surface area is 190 Å². The number of thiophene rings is 1. The summed E-state index contributed by atoms with van der Waals surface area (Å²) in [5.74, 6) is -0.691. The highest BCUT2D eigenvalue weighted by atomic mass is 32.1. The summed E-state index contributed by atoms with van der Waals surface area (Å²) in [7, 11) is 0. The van der Waals surface area contributed by atoms with Crippen LogP contribution in [0.15, 0.2) is 24.4 Å². The molecule has 0 radical (unpaired) electrons. The predicted molar refractivity (Wildman–Crippen MR) is 117 cm³/mol. The fourth-order valence-corrected chi connectivity index (χ4v) is 4.63. The van der Waals surface area contributed by atoms with E-state index in [2.05, 4.69) is 16.4 Å². The number of nitrogens with one attached hydrogen (secondary N) is 1. The number of pyridine rings is 1. The van der Waals surface area contributed by atoms with E-state index in [0.29, 0.717) is 30.1 Å². The second-order valence-corrected chi connectivity index (χ2v) is 8.46. The molecule has 32 heavy (non-hydrogen) atoms. The number of hydrogen-bond donors (Lipinski definition) is 1. The molecule has 1 atom stereocenters. The summed E-state index contributed by atoms with van der Waals surface area (Å²) < 4.78 is 9.88. The minimum Gasteiger partial charge on any atom is -0.462 e. The summed E-state index contributed by atoms with van der Waals surface area (Å²) in [6.07, 6.45) is 1.92. The van der Waals surface area contributed by atoms with Gasteiger partial charge in [0, 0.05) is 42.6 Å². The average Bonchev–Trinajstić information content (AvgIpc) is 3.12. The zero-order chi connectivity index (χ0) is 23.1. The van der Waals surface area contributed by atoms with Crippen LogP contribution < -0.4 is 5.32 Å². The molecular weight excluding hydrogens is 432 g/mol. The van der Waals surface area contributed by atoms with Crippen LogP contribution in [0.1, 0.15) is 47.9 Å². The monoisotopic (exact) mass is 456 g/mol. The first kappa shape index (κ1) is 23.2. The number of esters is 1. The fourth-order valence-electron chi connectivity index (χ4n) is 3.40. The molecule has 2 aromatic heterocycles. The molecule has 0 spiro atoms. The molecule has 168 valence electrons. The Morgan fingerprint density at radius 3 is 2.78 bits per heavy atom. The smallest absolute Gasteiger partial charge is 0.410 e. The third-order valence-electron chi connectivity index (χ3n) is 4.98. The van der Waals surface area contributed by atoms with Gasteiger partial charge >= 0.3 is 12.1 Å². The number of nitrogens with zero attached hydrogens (tertiary/aromatic N) is 3. The number of nitriles is 1. The second kappa shape index (κ2) is 10.7. The van der Waals surface area contributed by atoms with E-state index in [-0.39, 0.29) is 31.5 Å². The zero-order valence-electron chi connectivity index (χ0n) is 17.9. The Morgan fingerprint density at radius 1 is 1.31 bits per heavy atom. The number of carbonyl (C=O) groups is 3. The van der Waals surface area contributed by atoms with Crippen LogP contribution in [-0.2, 0) is 32.0 Å². The van der Waals surface area contributed by atoms with Gasteiger partial charge in [-0.15, -0.1) is 11.3 Å². The van der Waals surface area contributed by atoms with Crippen molar-refractivity contribution in [3.8, 4) is 6.07 Å². The van der Waals surface area contributed by atoms with Crippen LogP contribution >= 0.6 is 11.3 Å². The van der Waals surface area contributed by atoms with Crippen molar-refractivity contribution in [3.05, 3.63) is 46.1 Å². The van der Waals surface area contributed by atoms with E-state index in [9.17, 15) is 19.6 Å². The Balaban J connectivity index is 1.61. The van der Waals surface area contributed by atoms with Crippen LogP contribution in [0.3, 0.4) is 0 Å². The number of hydrogen-bond acceptors (Lipinski definition) is 8. The standard InChI is InChI=1S/C22H24N4O5S/c1-14(18-5-3-4-7-24-18)11-20(28)25-21-17(12-23)16-6-8-26(13-19(16)32-21)22(29)31-10-9-30-15(2)27/h3-5,7,14H,6,8-11,13H2,1-2H3,(H,25,28)/t14-/m0/s1. The van der Waals surface area contributed by atoms with Gasteiger partial charge in [-0.3, -0.25) is 14.6 Å². The van der Waals surface area contributed by atoms with Gasteiger partial charge in [0.2, 0.25) is 5.91 Å². The van der Waals surface area contributed by atoms with Crippen molar-refractivity contribution in [3.63, 3.8) is 0 Å². The summed E-state index contributed by atoms with van der Waals surface area (Å²) in [5, 5.41) is 13.0. The van der Waals surface area contributed by atoms with Crippen LogP contribution in [0.5, 0.6) is 0 Å². The SMILES string of the molecule is CC(=O)OCCOC(=O)N1CCc2c(sc(NC(=O)C[C@H](C)c3ccccn3)c2C#N)C1. The van der Waals surface area contributed by atoms with E-state index in [4.69, 9.17) is 9.47 Å². The highest BCUT2D eigenvalue weighted by molar-refractivity contribution is 7.16. The third kappa shape index (κ3) is 5.82. The predicted octanol–water partition coefficient (Wildman–Crippen LogP) is 3.20. The van der Waals surface area contributed by atoms with Crippen LogP contribution in [-0.4, -0.2) is 47.6 Å². The van der Waals surface area contributed by atoms with Crippen molar-refractivity contribution in [2.75, 3.05) is 25.1 Å². The van der Waals surface area contributed by atoms with E-state index < -0.39 is 12.1 Å². The molecule has 0 saturated heterocycles. The summed E-state index contributed by atoms with van der Waals surface area (Å²) in [6, 6.07) is 7.77. The summed E-state index contributed by atoms with van der Waals surface area (Å²) in [6.45, 7) is 3.89. The van der Waals surface area contributed by atoms with Crippen molar-refractivity contribution >= 4 is 34.3 Å². The normalized spacial score (nSPS) is 13.5. The van der Waals surface area contributed by atoms with Gasteiger partial charge in [-0.25, -0.2) is 4.79 Å². The Bertz CT molecular complexity index is 1030. The number of amides is 2. The van der Waals surface area contributed by atoms with Gasteiger partial charge in [0.15, 0.2) is 0 Å². The van der Waals surface area contributed by atoms with Gasteiger partial charge in [0.25, 0.3) is 0 Å². The molecule has 3 heterocycles. The molecule has 1 aliphatic rings. The first-order chi connectivity index (χ1) is 15.4. The molecule has 3 rings (SSSR count). The van der Waals surface area contributed by atoms with Gasteiger partial charge in [-0.1, -0.05) is 13.0 Å². The molecule has 10 heteroatoms. The lowest BCUT2D eigenvalue weighted by molar-refractivity contribution is -0.142. The van der Waals surface area contributed by atoms with Crippen molar-refractivity contribution in [2.24, 2.45) is 0 Å². The summed E-state index contributed by atoms with van der Waals surface area (Å²) in [5.41, 5.74) is 2.14. The van der Waals surface area contributed by atoms with E-state index in [1.807, 2.05) is 25.1 Å². The maximum absolute atomic E-state index is 12.6. The molecule has 1 aliphatic heterocycles. The van der Waals surface area contributed by atoms with E-state index >= 15 is 0 Å². The molecule has 9 nitrogen and oxygen atoms in total. The first-order valence-corrected chi connectivity index (χ1v) is 11.0. The van der Waals surface area contributed by atoms with Crippen LogP contribution in [0.2, 0.25) is 0 Å². The lowest BCUT2D eigenvalue weighted by Gasteiger charge is -2.26. The summed E-state index contributed by atoms with van der Waals surface area (Å²) >= 11 is 1.30. The minimum atomic E-state index is -0.510. The highest BCUT2D eigenvalue weighted by Gasteiger charge is 2.28. The van der Waals surface area contributed by atoms with Crippen molar-refractivity contribution in [1.29, 1.82) is 5.26 Å². The molecule has 2 amide bonds. The van der Waals surface area contributed by atoms with Crippen molar-refractivity contribution in [2.45, 2.75) is 39.2 Å². The van der Waals surface area contributed by atoms with Gasteiger partial charge in [0.05, 0.1) is 12.1 Å². The van der Waals surface area contributed by atoms with Crippen LogP contribution in [0.25, 0.3) is 0 Å². The van der Waals surface area contributed by atoms with Crippen LogP contribution in [0, 0.1) is 11.3 Å². The van der Waals surface area contributed by atoms with Gasteiger partial charge < -0.3 is 19.7 Å². The largest absolute Gasteiger partial charge is 0.462 e. The summed E-state index contributed by atoms with van der Waals surface area (Å²) in [4.78, 5) is 42.3. The van der Waals surface area contributed by atoms with Gasteiger partial charge in [-0.05, 0) is 24.1 Å². The number of carbonyl (C=O) groups excluding carboxylic acids is 3. The molecule has 0 bridgehead atoms. The number of ether oxygens (including phenoxy) is 2. The quantitative estimate of drug-likeness (QED) is 0.501. The Morgan fingerprint density at radius 2 is 2.09 bits per heavy atom. The number of fused-ring (bicyclic) bond motifs is 1. The molecular formula is C22H24N4O5S. The molecule has 0 fully saturated rings. The second-order valence-electron chi connectivity index (χ2n) is 7.35. The fraction of sp³-hybridized carbons (Fsp3) is 0.409. The van der Waals surface area contributed by atoms with Crippen LogP contribution in [0.4, 0.5) is 9.80 Å². The Hall–Kier alpha value is -3.45. The van der Waals surface area contributed by atoms with Crippen molar-refractivity contribution in [1.82, 2.24) is 9.88 Å². The molecule has 0 aromatic carbocycles. The van der Waals surface area contributed by atoms with Gasteiger partial charge in [0.1, 0.15) is 24.3 Å². The third-order valence-corrected chi connectivity index (χ3v) is 6.11. The number of aromatic nitrogens is 1. The minimum absolute atomic E-state index is 0.00481. The Kier molecular flexibility index (Phi) is 7.78. The first-order valence-electron chi connectivity index (χ1n) is 10.2. The zero-order valence-corrected chi connectivity index (χ0v) is 18.7. The number of anilines is 1. The van der Waals surface area contributed by atoms with E-state index in [1.54, 1.807) is 6.20 Å². The van der Waals surface area contributed by atoms with E-state index in [0.717, 1.165) is 16.1 Å². The molecule has 1 N–H and O–H groups in total. The maximum Gasteiger partial charge on any atom is 0.410 e. The lowest BCUT2D eigenvalue weighted by Crippen LogP contribution is -2.36. The highest BCUT2D eigenvalue weighted by Crippen LogP contribution is 2.37. The van der Waals surface area contributed by atoms with Gasteiger partial charge in [-0.2, -0.15) is 5.26 Å². The van der Waals surface area contributed by atoms with E-state index in [1.165, 1.54) is 23.2 Å². The number of rotatable bonds is 7. The maximum atomic E-state index is 12.6. The van der Waals surface area contributed by atoms with Crippen molar-refractivity contribution < 1.29 is 23.9 Å². The lowest BCUT2D eigenvalue weighted by atomic mass is 10.0. The average molecular weight is 457 g/mol. The molecule has 0 unspecified atom stereocenters. The molecule has 2 aromatic rings.